The van der Waals surface area contributed by atoms with Gasteiger partial charge < -0.3 is 9.73 Å². The van der Waals surface area contributed by atoms with Crippen LogP contribution in [0.15, 0.2) is 22.9 Å². The molecule has 1 amide bonds. The predicted molar refractivity (Wildman–Crippen MR) is 72.8 cm³/mol. The zero-order valence-electron chi connectivity index (χ0n) is 11.7. The molecule has 0 saturated heterocycles. The van der Waals surface area contributed by atoms with E-state index in [2.05, 4.69) is 10.3 Å². The molecule has 1 saturated carbocycles. The number of carbonyl (C=O) groups is 2. The van der Waals surface area contributed by atoms with E-state index in [4.69, 9.17) is 4.42 Å². The first kappa shape index (κ1) is 14.4. The lowest BCUT2D eigenvalue weighted by Gasteiger charge is -2.08. The lowest BCUT2D eigenvalue weighted by atomic mass is 10.1. The Hall–Kier alpha value is -2.57. The second kappa shape index (κ2) is 5.32. The summed E-state index contributed by atoms with van der Waals surface area (Å²) in [5, 5.41) is 2.15. The number of anilines is 1. The molecule has 0 unspecified atom stereocenters. The quantitative estimate of drug-likeness (QED) is 0.880. The van der Waals surface area contributed by atoms with Crippen LogP contribution < -0.4 is 5.32 Å². The summed E-state index contributed by atoms with van der Waals surface area (Å²) >= 11 is 0. The number of hydrogen-bond donors (Lipinski definition) is 1. The number of amides is 1. The SMILES string of the molecule is CC(=O)c1cc(F)c(NC(=O)c2ncoc2C2CC2)c(F)c1. The van der Waals surface area contributed by atoms with Crippen molar-refractivity contribution >= 4 is 17.4 Å². The van der Waals surface area contributed by atoms with E-state index in [1.165, 1.54) is 6.92 Å². The molecule has 1 aliphatic rings. The number of aromatic nitrogens is 1. The third-order valence-corrected chi connectivity index (χ3v) is 3.45. The van der Waals surface area contributed by atoms with Gasteiger partial charge in [0.2, 0.25) is 0 Å². The average Bonchev–Trinajstić information content (AvgIpc) is 3.19. The number of rotatable bonds is 4. The molecule has 0 aliphatic heterocycles. The maximum absolute atomic E-state index is 13.9. The molecular formula is C15H12F2N2O3. The summed E-state index contributed by atoms with van der Waals surface area (Å²) in [6.45, 7) is 1.20. The highest BCUT2D eigenvalue weighted by Crippen LogP contribution is 2.41. The molecule has 1 aromatic carbocycles. The van der Waals surface area contributed by atoms with Crippen molar-refractivity contribution < 1.29 is 22.8 Å². The predicted octanol–water partition coefficient (Wildman–Crippen LogP) is 3.29. The zero-order valence-corrected chi connectivity index (χ0v) is 11.7. The van der Waals surface area contributed by atoms with Gasteiger partial charge in [-0.1, -0.05) is 0 Å². The van der Waals surface area contributed by atoms with Gasteiger partial charge in [-0.15, -0.1) is 0 Å². The number of nitrogens with one attached hydrogen (secondary N) is 1. The summed E-state index contributed by atoms with van der Waals surface area (Å²) in [5.41, 5.74) is -0.690. The summed E-state index contributed by atoms with van der Waals surface area (Å²) < 4.78 is 32.9. The number of Topliss-reactive ketones (excluding diaryl/α,β-unsaturated/α-hetero) is 1. The molecule has 1 N–H and O–H groups in total. The van der Waals surface area contributed by atoms with Gasteiger partial charge in [0.15, 0.2) is 17.9 Å². The van der Waals surface area contributed by atoms with Crippen LogP contribution in [0.1, 0.15) is 52.3 Å². The van der Waals surface area contributed by atoms with Crippen LogP contribution in [0.25, 0.3) is 0 Å². The first-order chi connectivity index (χ1) is 10.5. The van der Waals surface area contributed by atoms with Crippen molar-refractivity contribution in [1.29, 1.82) is 0 Å². The van der Waals surface area contributed by atoms with Crippen LogP contribution in [-0.4, -0.2) is 16.7 Å². The van der Waals surface area contributed by atoms with Crippen LogP contribution in [0.3, 0.4) is 0 Å². The molecule has 5 nitrogen and oxygen atoms in total. The van der Waals surface area contributed by atoms with Crippen LogP contribution in [0, 0.1) is 11.6 Å². The Morgan fingerprint density at radius 1 is 1.27 bits per heavy atom. The van der Waals surface area contributed by atoms with E-state index in [1.807, 2.05) is 0 Å². The molecule has 2 aromatic rings. The average molecular weight is 306 g/mol. The van der Waals surface area contributed by atoms with Crippen LogP contribution in [0.4, 0.5) is 14.5 Å². The molecule has 0 atom stereocenters. The van der Waals surface area contributed by atoms with Gasteiger partial charge >= 0.3 is 0 Å². The normalized spacial score (nSPS) is 14.0. The molecule has 1 aliphatic carbocycles. The van der Waals surface area contributed by atoms with Crippen molar-refractivity contribution in [3.8, 4) is 0 Å². The lowest BCUT2D eigenvalue weighted by molar-refractivity contribution is 0.101. The minimum absolute atomic E-state index is 0.0249. The summed E-state index contributed by atoms with van der Waals surface area (Å²) in [7, 11) is 0. The van der Waals surface area contributed by atoms with Gasteiger partial charge in [-0.3, -0.25) is 9.59 Å². The number of hydrogen-bond acceptors (Lipinski definition) is 4. The fourth-order valence-corrected chi connectivity index (χ4v) is 2.13. The summed E-state index contributed by atoms with van der Waals surface area (Å²) in [6, 6.07) is 1.76. The van der Waals surface area contributed by atoms with Crippen molar-refractivity contribution in [3.05, 3.63) is 47.2 Å². The van der Waals surface area contributed by atoms with Crippen molar-refractivity contribution in [3.63, 3.8) is 0 Å². The van der Waals surface area contributed by atoms with E-state index in [0.29, 0.717) is 5.76 Å². The maximum Gasteiger partial charge on any atom is 0.278 e. The monoisotopic (exact) mass is 306 g/mol. The van der Waals surface area contributed by atoms with Crippen LogP contribution in [0.5, 0.6) is 0 Å². The molecule has 22 heavy (non-hydrogen) atoms. The van der Waals surface area contributed by atoms with Gasteiger partial charge in [-0.25, -0.2) is 13.8 Å². The number of oxazole rings is 1. The molecule has 1 heterocycles. The van der Waals surface area contributed by atoms with Crippen LogP contribution in [-0.2, 0) is 0 Å². The molecule has 0 spiro atoms. The van der Waals surface area contributed by atoms with E-state index in [9.17, 15) is 18.4 Å². The second-order valence-corrected chi connectivity index (χ2v) is 5.16. The van der Waals surface area contributed by atoms with Gasteiger partial charge in [0.05, 0.1) is 0 Å². The zero-order chi connectivity index (χ0) is 15.9. The molecule has 1 fully saturated rings. The largest absolute Gasteiger partial charge is 0.447 e. The third-order valence-electron chi connectivity index (χ3n) is 3.45. The van der Waals surface area contributed by atoms with Gasteiger partial charge in [0.1, 0.15) is 23.1 Å². The number of halogens is 2. The fourth-order valence-electron chi connectivity index (χ4n) is 2.13. The minimum Gasteiger partial charge on any atom is -0.447 e. The summed E-state index contributed by atoms with van der Waals surface area (Å²) in [5.74, 6) is -2.69. The molecule has 1 aromatic heterocycles. The Labute approximate surface area is 124 Å². The fraction of sp³-hybridized carbons (Fsp3) is 0.267. The highest BCUT2D eigenvalue weighted by molar-refractivity contribution is 6.04. The third kappa shape index (κ3) is 2.61. The Morgan fingerprint density at radius 3 is 2.45 bits per heavy atom. The number of carbonyl (C=O) groups excluding carboxylic acids is 2. The smallest absolute Gasteiger partial charge is 0.278 e. The van der Waals surface area contributed by atoms with Crippen molar-refractivity contribution in [2.45, 2.75) is 25.7 Å². The van der Waals surface area contributed by atoms with E-state index < -0.39 is 29.0 Å². The van der Waals surface area contributed by atoms with E-state index in [1.54, 1.807) is 0 Å². The molecule has 7 heteroatoms. The van der Waals surface area contributed by atoms with Crippen LogP contribution in [0.2, 0.25) is 0 Å². The van der Waals surface area contributed by atoms with Gasteiger partial charge in [0.25, 0.3) is 5.91 Å². The van der Waals surface area contributed by atoms with Gasteiger partial charge in [0, 0.05) is 11.5 Å². The minimum atomic E-state index is -1.02. The lowest BCUT2D eigenvalue weighted by Crippen LogP contribution is -2.16. The van der Waals surface area contributed by atoms with Crippen molar-refractivity contribution in [1.82, 2.24) is 4.98 Å². The Bertz CT molecular complexity index is 743. The molecular weight excluding hydrogens is 294 g/mol. The first-order valence-electron chi connectivity index (χ1n) is 6.72. The standard InChI is InChI=1S/C15H12F2N2O3/c1-7(20)9-4-10(16)12(11(17)5-9)19-15(21)13-14(8-2-3-8)22-6-18-13/h4-6,8H,2-3H2,1H3,(H,19,21). The summed E-state index contributed by atoms with van der Waals surface area (Å²) in [4.78, 5) is 27.1. The van der Waals surface area contributed by atoms with Crippen LogP contribution >= 0.6 is 0 Å². The molecule has 0 radical (unpaired) electrons. The highest BCUT2D eigenvalue weighted by Gasteiger charge is 2.32. The Morgan fingerprint density at radius 2 is 1.91 bits per heavy atom. The molecule has 0 bridgehead atoms. The maximum atomic E-state index is 13.9. The van der Waals surface area contributed by atoms with Crippen molar-refractivity contribution in [2.24, 2.45) is 0 Å². The highest BCUT2D eigenvalue weighted by atomic mass is 19.1. The Kier molecular flexibility index (Phi) is 3.48. The topological polar surface area (TPSA) is 72.2 Å². The molecule has 3 rings (SSSR count). The van der Waals surface area contributed by atoms with Crippen molar-refractivity contribution in [2.75, 3.05) is 5.32 Å². The number of nitrogens with zero attached hydrogens (tertiary/aromatic N) is 1. The summed E-state index contributed by atoms with van der Waals surface area (Å²) in [6.07, 6.45) is 2.92. The molecule has 114 valence electrons. The first-order valence-corrected chi connectivity index (χ1v) is 6.72. The van der Waals surface area contributed by atoms with Gasteiger partial charge in [-0.05, 0) is 31.9 Å². The van der Waals surface area contributed by atoms with E-state index in [0.717, 1.165) is 31.4 Å². The number of ketones is 1. The van der Waals surface area contributed by atoms with E-state index >= 15 is 0 Å². The number of benzene rings is 1. The van der Waals surface area contributed by atoms with Gasteiger partial charge in [-0.2, -0.15) is 0 Å². The second-order valence-electron chi connectivity index (χ2n) is 5.16. The van der Waals surface area contributed by atoms with E-state index in [-0.39, 0.29) is 17.2 Å². The Balaban J connectivity index is 1.88.